The molecule has 0 saturated carbocycles. The average Bonchev–Trinajstić information content (AvgIpc) is 2.87. The number of aliphatic carboxylic acids is 3. The number of rotatable bonds is 12. The zero-order valence-corrected chi connectivity index (χ0v) is 33.3. The molecule has 20 heteroatoms. The van der Waals surface area contributed by atoms with Gasteiger partial charge >= 0.3 is 88.7 Å². The molecule has 2 heterocycles. The Morgan fingerprint density at radius 3 is 1.63 bits per heavy atom. The maximum absolute atomic E-state index is 11.9. The third kappa shape index (κ3) is 11.7. The second-order valence-corrected chi connectivity index (χ2v) is 12.5. The summed E-state index contributed by atoms with van der Waals surface area (Å²) in [6.45, 7) is 9.36. The Labute approximate surface area is 331 Å². The van der Waals surface area contributed by atoms with Crippen molar-refractivity contribution in [3.63, 3.8) is 0 Å². The van der Waals surface area contributed by atoms with Crippen molar-refractivity contribution in [1.29, 1.82) is 0 Å². The quantitative estimate of drug-likeness (QED) is 0.0840. The molecule has 46 heavy (non-hydrogen) atoms. The van der Waals surface area contributed by atoms with Crippen molar-refractivity contribution in [3.8, 4) is 0 Å². The molecule has 2 saturated heterocycles. The minimum atomic E-state index is -2.56. The van der Waals surface area contributed by atoms with Crippen LogP contribution >= 0.6 is 0 Å². The first-order valence-electron chi connectivity index (χ1n) is 13.2. The van der Waals surface area contributed by atoms with Crippen molar-refractivity contribution in [2.45, 2.75) is 115 Å². The van der Waals surface area contributed by atoms with Gasteiger partial charge in [0.2, 0.25) is 6.29 Å². The fourth-order valence-electron chi connectivity index (χ4n) is 5.06. The summed E-state index contributed by atoms with van der Waals surface area (Å²) in [4.78, 5) is 59.0. The first-order valence-corrected chi connectivity index (χ1v) is 13.2. The molecule has 0 radical (unpaired) electrons. The van der Waals surface area contributed by atoms with Crippen LogP contribution in [0.25, 0.3) is 0 Å². The van der Waals surface area contributed by atoms with Crippen LogP contribution in [0.5, 0.6) is 0 Å². The number of ether oxygens (including phenoxy) is 5. The SMILES string of the molecule is CC(C)(C)[C@@H]1C(C(=O)[O-])O[C@H](OC(C=O)C(OC(C=O)O[C@@H]2C(C(=O)[O-])O[C@H](C(C)(C)C)[C@H](O)C2O)C(=O)[O-])[C@H](O)C1O.[Na+].[Na+].[Na+]. The predicted molar refractivity (Wildman–Crippen MR) is 129 cm³/mol. The Morgan fingerprint density at radius 2 is 1.24 bits per heavy atom. The second-order valence-electron chi connectivity index (χ2n) is 12.5. The molecule has 2 aliphatic heterocycles. The van der Waals surface area contributed by atoms with Crippen LogP contribution in [0.15, 0.2) is 0 Å². The van der Waals surface area contributed by atoms with Gasteiger partial charge in [-0.05, 0) is 10.8 Å². The van der Waals surface area contributed by atoms with E-state index in [0.717, 1.165) is 0 Å². The van der Waals surface area contributed by atoms with Crippen LogP contribution in [-0.2, 0) is 47.7 Å². The van der Waals surface area contributed by atoms with Crippen molar-refractivity contribution < 1.29 is 172 Å². The first kappa shape index (κ1) is 48.5. The fourth-order valence-corrected chi connectivity index (χ4v) is 5.06. The largest absolute Gasteiger partial charge is 1.00 e. The van der Waals surface area contributed by atoms with E-state index in [2.05, 4.69) is 0 Å². The van der Waals surface area contributed by atoms with Gasteiger partial charge in [-0.25, -0.2) is 0 Å². The maximum atomic E-state index is 11.9. The Morgan fingerprint density at radius 1 is 0.717 bits per heavy atom. The molecule has 246 valence electrons. The molecule has 13 atom stereocenters. The van der Waals surface area contributed by atoms with Crippen LogP contribution in [-0.4, -0.2) is 125 Å². The molecule has 7 unspecified atom stereocenters. The van der Waals surface area contributed by atoms with Gasteiger partial charge in [-0.1, -0.05) is 41.5 Å². The summed E-state index contributed by atoms with van der Waals surface area (Å²) in [5.41, 5.74) is -1.85. The second kappa shape index (κ2) is 19.7. The fraction of sp³-hybridized carbons (Fsp3) is 0.808. The summed E-state index contributed by atoms with van der Waals surface area (Å²) in [6.07, 6.45) is -24.6. The minimum Gasteiger partial charge on any atom is -0.547 e. The van der Waals surface area contributed by atoms with Crippen molar-refractivity contribution in [2.24, 2.45) is 16.7 Å². The average molecular weight is 691 g/mol. The molecule has 17 nitrogen and oxygen atoms in total. The first-order chi connectivity index (χ1) is 19.7. The number of carbonyl (C=O) groups excluding carboxylic acids is 5. The topological polar surface area (TPSA) is 282 Å². The molecule has 2 aliphatic rings. The molecule has 0 aromatic rings. The molecule has 2 rings (SSSR count). The van der Waals surface area contributed by atoms with Crippen molar-refractivity contribution in [1.82, 2.24) is 0 Å². The summed E-state index contributed by atoms with van der Waals surface area (Å²) in [7, 11) is 0. The van der Waals surface area contributed by atoms with E-state index in [1.165, 1.54) is 0 Å². The molecule has 0 bridgehead atoms. The third-order valence-electron chi connectivity index (χ3n) is 7.15. The maximum Gasteiger partial charge on any atom is 1.00 e. The normalized spacial score (nSPS) is 33.4. The molecule has 0 aliphatic carbocycles. The summed E-state index contributed by atoms with van der Waals surface area (Å²) in [5.74, 6) is -7.17. The van der Waals surface area contributed by atoms with Gasteiger partial charge in [0, 0.05) is 5.92 Å². The monoisotopic (exact) mass is 690 g/mol. The van der Waals surface area contributed by atoms with Gasteiger partial charge in [0.25, 0.3) is 0 Å². The zero-order chi connectivity index (χ0) is 33.2. The minimum absolute atomic E-state index is 0. The van der Waals surface area contributed by atoms with E-state index in [-0.39, 0.29) is 101 Å². The van der Waals surface area contributed by atoms with Gasteiger partial charge < -0.3 is 78.6 Å². The number of hydrogen-bond acceptors (Lipinski definition) is 17. The number of aliphatic hydroxyl groups excluding tert-OH is 4. The molecule has 4 N–H and O–H groups in total. The van der Waals surface area contributed by atoms with E-state index >= 15 is 0 Å². The zero-order valence-electron chi connectivity index (χ0n) is 27.3. The van der Waals surface area contributed by atoms with Crippen LogP contribution in [0.3, 0.4) is 0 Å². The summed E-state index contributed by atoms with van der Waals surface area (Å²) in [6, 6.07) is 0. The number of carbonyl (C=O) groups is 5. The van der Waals surface area contributed by atoms with Gasteiger partial charge in [0.1, 0.15) is 48.8 Å². The van der Waals surface area contributed by atoms with Crippen LogP contribution in [0, 0.1) is 16.7 Å². The molecule has 0 aromatic carbocycles. The molecule has 0 amide bonds. The Bertz CT molecular complexity index is 1030. The van der Waals surface area contributed by atoms with Crippen LogP contribution in [0.4, 0.5) is 0 Å². The third-order valence-corrected chi connectivity index (χ3v) is 7.15. The smallest absolute Gasteiger partial charge is 0.547 e. The molecule has 2 fully saturated rings. The number of carboxylic acids is 3. The molecular weight excluding hydrogens is 653 g/mol. The molecular formula is C26H37Na3O17. The van der Waals surface area contributed by atoms with E-state index in [1.807, 2.05) is 0 Å². The van der Waals surface area contributed by atoms with E-state index in [0.29, 0.717) is 0 Å². The molecule has 0 aromatic heterocycles. The van der Waals surface area contributed by atoms with Crippen LogP contribution in [0.1, 0.15) is 41.5 Å². The van der Waals surface area contributed by atoms with Gasteiger partial charge in [-0.3, -0.25) is 4.79 Å². The van der Waals surface area contributed by atoms with E-state index < -0.39 is 108 Å². The van der Waals surface area contributed by atoms with E-state index in [9.17, 15) is 59.7 Å². The van der Waals surface area contributed by atoms with Crippen molar-refractivity contribution in [2.75, 3.05) is 0 Å². The molecule has 0 spiro atoms. The Kier molecular flexibility index (Phi) is 20.8. The number of hydrogen-bond donors (Lipinski definition) is 4. The van der Waals surface area contributed by atoms with E-state index in [4.69, 9.17) is 23.7 Å². The van der Waals surface area contributed by atoms with Gasteiger partial charge in [-0.15, -0.1) is 0 Å². The number of aldehydes is 2. The summed E-state index contributed by atoms with van der Waals surface area (Å²) in [5, 5.41) is 77.7. The standard InChI is InChI=1S/C26H40O17.3Na/c1-25(2,3)11-12(29)15(32)24(43-17(11)22(35)36)39-9(7-27)16(21(33)34)40-10(8-28)41-18-13(30)14(31)20(26(4,5)6)42-19(18)23(37)38;;;/h7-20,24,29-32H,1-6H3,(H,33,34)(H,35,36)(H,37,38);;;/q;3*+1/p-3/t9?,10?,11-,12?,13?,14+,15+,16?,17?,18-,19?,20-,24-;;;/m0.../s1. The van der Waals surface area contributed by atoms with Crippen molar-refractivity contribution in [3.05, 3.63) is 0 Å². The Hall–Kier alpha value is 0.390. The van der Waals surface area contributed by atoms with E-state index in [1.54, 1.807) is 41.5 Å². The van der Waals surface area contributed by atoms with Crippen LogP contribution < -0.4 is 104 Å². The number of carboxylic acid groups (broad SMARTS) is 3. The Balaban J connectivity index is 0. The van der Waals surface area contributed by atoms with Crippen molar-refractivity contribution >= 4 is 30.5 Å². The summed E-state index contributed by atoms with van der Waals surface area (Å²) < 4.78 is 25.8. The van der Waals surface area contributed by atoms with Gasteiger partial charge in [0.05, 0.1) is 30.1 Å². The predicted octanol–water partition coefficient (Wildman–Crippen LogP) is -15.2. The van der Waals surface area contributed by atoms with Gasteiger partial charge in [-0.2, -0.15) is 0 Å². The summed E-state index contributed by atoms with van der Waals surface area (Å²) >= 11 is 0. The number of aliphatic hydroxyl groups is 4. The van der Waals surface area contributed by atoms with Crippen LogP contribution in [0.2, 0.25) is 0 Å². The van der Waals surface area contributed by atoms with Gasteiger partial charge in [0.15, 0.2) is 18.9 Å².